The molecule has 1 aromatic carbocycles. The van der Waals surface area contributed by atoms with Crippen LogP contribution < -0.4 is 5.32 Å². The van der Waals surface area contributed by atoms with Gasteiger partial charge in [-0.1, -0.05) is 0 Å². The fourth-order valence-corrected chi connectivity index (χ4v) is 1.41. The van der Waals surface area contributed by atoms with Crippen molar-refractivity contribution in [2.24, 2.45) is 0 Å². The fraction of sp³-hybridized carbons (Fsp3) is 0.417. The van der Waals surface area contributed by atoms with Gasteiger partial charge >= 0.3 is 5.97 Å². The minimum Gasteiger partial charge on any atom is -0.468 e. The number of aryl methyl sites for hydroxylation is 1. The van der Waals surface area contributed by atoms with Crippen molar-refractivity contribution in [3.8, 4) is 0 Å². The van der Waals surface area contributed by atoms with Gasteiger partial charge in [-0.3, -0.25) is 4.79 Å². The van der Waals surface area contributed by atoms with Gasteiger partial charge in [0.2, 0.25) is 0 Å². The molecular formula is C12H15F2NO2. The van der Waals surface area contributed by atoms with Crippen molar-refractivity contribution in [2.45, 2.75) is 19.9 Å². The minimum absolute atomic E-state index is 0.0490. The first-order valence-corrected chi connectivity index (χ1v) is 5.21. The van der Waals surface area contributed by atoms with Crippen molar-refractivity contribution in [3.05, 3.63) is 34.9 Å². The van der Waals surface area contributed by atoms with E-state index in [-0.39, 0.29) is 17.7 Å². The lowest BCUT2D eigenvalue weighted by Gasteiger charge is -2.15. The molecule has 0 saturated carbocycles. The van der Waals surface area contributed by atoms with E-state index in [1.807, 2.05) is 0 Å². The van der Waals surface area contributed by atoms with E-state index < -0.39 is 23.6 Å². The Kier molecular flexibility index (Phi) is 4.57. The van der Waals surface area contributed by atoms with Crippen molar-refractivity contribution in [3.63, 3.8) is 0 Å². The maximum absolute atomic E-state index is 13.6. The van der Waals surface area contributed by atoms with E-state index in [1.54, 1.807) is 6.92 Å². The molecule has 1 unspecified atom stereocenters. The zero-order valence-corrected chi connectivity index (χ0v) is 10.0. The van der Waals surface area contributed by atoms with Crippen LogP contribution in [0.15, 0.2) is 12.1 Å². The molecule has 0 bridgehead atoms. The maximum atomic E-state index is 13.6. The second kappa shape index (κ2) is 5.72. The van der Waals surface area contributed by atoms with Gasteiger partial charge in [0.25, 0.3) is 0 Å². The fourth-order valence-electron chi connectivity index (χ4n) is 1.41. The normalized spacial score (nSPS) is 12.3. The molecular weight excluding hydrogens is 228 g/mol. The number of rotatable bonds is 4. The van der Waals surface area contributed by atoms with Crippen LogP contribution in [-0.2, 0) is 9.53 Å². The minimum atomic E-state index is -0.492. The molecule has 17 heavy (non-hydrogen) atoms. The summed E-state index contributed by atoms with van der Waals surface area (Å²) in [6.07, 6.45) is 0. The van der Waals surface area contributed by atoms with Gasteiger partial charge in [0.1, 0.15) is 11.6 Å². The molecule has 1 rings (SSSR count). The third-order valence-electron chi connectivity index (χ3n) is 2.52. The first-order valence-electron chi connectivity index (χ1n) is 5.21. The predicted octanol–water partition coefficient (Wildman–Crippen LogP) is 2.10. The molecule has 0 aliphatic heterocycles. The Morgan fingerprint density at radius 2 is 2.06 bits per heavy atom. The third-order valence-corrected chi connectivity index (χ3v) is 2.52. The van der Waals surface area contributed by atoms with Crippen LogP contribution in [0.2, 0.25) is 0 Å². The Hall–Kier alpha value is -1.49. The lowest BCUT2D eigenvalue weighted by atomic mass is 10.1. The van der Waals surface area contributed by atoms with Crippen LogP contribution in [0.25, 0.3) is 0 Å². The van der Waals surface area contributed by atoms with Crippen molar-refractivity contribution < 1.29 is 18.3 Å². The molecule has 0 saturated heterocycles. The highest BCUT2D eigenvalue weighted by molar-refractivity contribution is 5.71. The van der Waals surface area contributed by atoms with E-state index in [1.165, 1.54) is 14.0 Å². The average molecular weight is 243 g/mol. The van der Waals surface area contributed by atoms with E-state index >= 15 is 0 Å². The lowest BCUT2D eigenvalue weighted by molar-refractivity contribution is -0.139. The summed E-state index contributed by atoms with van der Waals surface area (Å²) in [5.74, 6) is -1.41. The molecule has 0 aliphatic carbocycles. The maximum Gasteiger partial charge on any atom is 0.319 e. The van der Waals surface area contributed by atoms with Crippen LogP contribution in [0.1, 0.15) is 24.1 Å². The van der Waals surface area contributed by atoms with Gasteiger partial charge < -0.3 is 10.1 Å². The van der Waals surface area contributed by atoms with Gasteiger partial charge in [0, 0.05) is 11.6 Å². The molecule has 1 atom stereocenters. The second-order valence-corrected chi connectivity index (χ2v) is 3.80. The van der Waals surface area contributed by atoms with Crippen LogP contribution in [0.3, 0.4) is 0 Å². The van der Waals surface area contributed by atoms with Crippen LogP contribution >= 0.6 is 0 Å². The first kappa shape index (κ1) is 13.6. The highest BCUT2D eigenvalue weighted by Gasteiger charge is 2.14. The number of hydrogen-bond donors (Lipinski definition) is 1. The number of hydrogen-bond acceptors (Lipinski definition) is 3. The lowest BCUT2D eigenvalue weighted by Crippen LogP contribution is -2.27. The van der Waals surface area contributed by atoms with E-state index in [2.05, 4.69) is 10.1 Å². The molecule has 1 aromatic rings. The summed E-state index contributed by atoms with van der Waals surface area (Å²) < 4.78 is 31.3. The Morgan fingerprint density at radius 1 is 1.41 bits per heavy atom. The number of carbonyl (C=O) groups excluding carboxylic acids is 1. The van der Waals surface area contributed by atoms with Crippen LogP contribution in [0, 0.1) is 18.6 Å². The van der Waals surface area contributed by atoms with Crippen molar-refractivity contribution in [1.82, 2.24) is 5.32 Å². The van der Waals surface area contributed by atoms with Gasteiger partial charge in [-0.2, -0.15) is 0 Å². The van der Waals surface area contributed by atoms with E-state index in [0.29, 0.717) is 0 Å². The number of benzene rings is 1. The number of carbonyl (C=O) groups is 1. The Morgan fingerprint density at radius 3 is 2.65 bits per heavy atom. The van der Waals surface area contributed by atoms with Gasteiger partial charge in [-0.05, 0) is 31.5 Å². The van der Waals surface area contributed by atoms with Crippen molar-refractivity contribution in [1.29, 1.82) is 0 Å². The van der Waals surface area contributed by atoms with E-state index in [0.717, 1.165) is 12.1 Å². The Labute approximate surface area is 98.8 Å². The summed E-state index contributed by atoms with van der Waals surface area (Å²) in [6.45, 7) is 3.09. The Balaban J connectivity index is 2.78. The predicted molar refractivity (Wildman–Crippen MR) is 59.5 cm³/mol. The molecule has 0 aromatic heterocycles. The molecule has 94 valence electrons. The zero-order valence-electron chi connectivity index (χ0n) is 10.0. The highest BCUT2D eigenvalue weighted by Crippen LogP contribution is 2.20. The summed E-state index contributed by atoms with van der Waals surface area (Å²) >= 11 is 0. The largest absolute Gasteiger partial charge is 0.468 e. The molecule has 0 spiro atoms. The SMILES string of the molecule is COC(=O)CNC(C)c1cc(F)c(C)cc1F. The van der Waals surface area contributed by atoms with Gasteiger partial charge in [0.15, 0.2) is 0 Å². The van der Waals surface area contributed by atoms with E-state index in [4.69, 9.17) is 0 Å². The zero-order chi connectivity index (χ0) is 13.0. The quantitative estimate of drug-likeness (QED) is 0.823. The monoisotopic (exact) mass is 243 g/mol. The summed E-state index contributed by atoms with van der Waals surface area (Å²) in [7, 11) is 1.26. The van der Waals surface area contributed by atoms with Crippen molar-refractivity contribution in [2.75, 3.05) is 13.7 Å². The summed E-state index contributed by atoms with van der Waals surface area (Å²) in [4.78, 5) is 10.9. The molecule has 1 N–H and O–H groups in total. The first-order chi connectivity index (χ1) is 7.95. The summed E-state index contributed by atoms with van der Waals surface area (Å²) in [6, 6.07) is 1.81. The van der Waals surface area contributed by atoms with Crippen molar-refractivity contribution >= 4 is 5.97 Å². The molecule has 0 heterocycles. The number of halogens is 2. The molecule has 0 radical (unpaired) electrons. The topological polar surface area (TPSA) is 38.3 Å². The van der Waals surface area contributed by atoms with Gasteiger partial charge in [-0.25, -0.2) is 8.78 Å². The molecule has 5 heteroatoms. The van der Waals surface area contributed by atoms with Gasteiger partial charge in [-0.15, -0.1) is 0 Å². The smallest absolute Gasteiger partial charge is 0.319 e. The Bertz CT molecular complexity index is 421. The molecule has 0 fully saturated rings. The van der Waals surface area contributed by atoms with Crippen LogP contribution in [0.4, 0.5) is 8.78 Å². The number of methoxy groups -OCH3 is 1. The standard InChI is InChI=1S/C12H15F2NO2/c1-7-4-11(14)9(5-10(7)13)8(2)15-6-12(16)17-3/h4-5,8,15H,6H2,1-3H3. The highest BCUT2D eigenvalue weighted by atomic mass is 19.1. The van der Waals surface area contributed by atoms with Crippen LogP contribution in [0.5, 0.6) is 0 Å². The van der Waals surface area contributed by atoms with E-state index in [9.17, 15) is 13.6 Å². The number of esters is 1. The summed E-state index contributed by atoms with van der Waals surface area (Å²) in [5.41, 5.74) is 0.448. The number of nitrogens with one attached hydrogen (secondary N) is 1. The second-order valence-electron chi connectivity index (χ2n) is 3.80. The molecule has 0 amide bonds. The number of ether oxygens (including phenoxy) is 1. The van der Waals surface area contributed by atoms with Crippen LogP contribution in [-0.4, -0.2) is 19.6 Å². The average Bonchev–Trinajstić information content (AvgIpc) is 2.30. The third kappa shape index (κ3) is 3.49. The summed E-state index contributed by atoms with van der Waals surface area (Å²) in [5, 5.41) is 2.76. The molecule has 3 nitrogen and oxygen atoms in total. The molecule has 0 aliphatic rings. The van der Waals surface area contributed by atoms with Gasteiger partial charge in [0.05, 0.1) is 13.7 Å².